The van der Waals surface area contributed by atoms with Crippen molar-refractivity contribution >= 4 is 5.91 Å². The molecule has 5 nitrogen and oxygen atoms in total. The molecule has 1 aliphatic heterocycles. The summed E-state index contributed by atoms with van der Waals surface area (Å²) >= 11 is 0. The van der Waals surface area contributed by atoms with Crippen LogP contribution in [-0.4, -0.2) is 38.2 Å². The summed E-state index contributed by atoms with van der Waals surface area (Å²) in [6.07, 6.45) is 1.86. The van der Waals surface area contributed by atoms with E-state index in [-0.39, 0.29) is 18.6 Å². The van der Waals surface area contributed by atoms with Crippen LogP contribution in [0.3, 0.4) is 0 Å². The molecule has 0 bridgehead atoms. The standard InChI is InChI=1S/C21H25NO4/c1-15-6-4-7-17(12-15)26-14-21(23)22-11-5-8-19(22)18-13-16(24-2)9-10-20(18)25-3/h4,6-7,9-10,12-13,19H,5,8,11,14H2,1-3H3/t19-/m0/s1. The third-order valence-corrected chi connectivity index (χ3v) is 4.72. The topological polar surface area (TPSA) is 48.0 Å². The van der Waals surface area contributed by atoms with E-state index in [0.717, 1.165) is 42.0 Å². The Morgan fingerprint density at radius 2 is 1.96 bits per heavy atom. The van der Waals surface area contributed by atoms with Crippen LogP contribution in [0, 0.1) is 6.92 Å². The van der Waals surface area contributed by atoms with Crippen LogP contribution in [0.15, 0.2) is 42.5 Å². The average molecular weight is 355 g/mol. The van der Waals surface area contributed by atoms with Gasteiger partial charge in [0.25, 0.3) is 5.91 Å². The molecule has 1 fully saturated rings. The highest BCUT2D eigenvalue weighted by atomic mass is 16.5. The van der Waals surface area contributed by atoms with Crippen LogP contribution in [0.4, 0.5) is 0 Å². The van der Waals surface area contributed by atoms with Gasteiger partial charge in [-0.2, -0.15) is 0 Å². The number of carbonyl (C=O) groups excluding carboxylic acids is 1. The Balaban J connectivity index is 1.74. The third kappa shape index (κ3) is 3.93. The van der Waals surface area contributed by atoms with Crippen LogP contribution >= 0.6 is 0 Å². The largest absolute Gasteiger partial charge is 0.497 e. The molecule has 0 unspecified atom stereocenters. The Hall–Kier alpha value is -2.69. The van der Waals surface area contributed by atoms with Crippen LogP contribution in [0.5, 0.6) is 17.2 Å². The summed E-state index contributed by atoms with van der Waals surface area (Å²) in [6.45, 7) is 2.76. The van der Waals surface area contributed by atoms with E-state index >= 15 is 0 Å². The molecule has 0 N–H and O–H groups in total. The number of methoxy groups -OCH3 is 2. The molecule has 3 rings (SSSR count). The molecule has 1 atom stereocenters. The van der Waals surface area contributed by atoms with Crippen LogP contribution in [0.25, 0.3) is 0 Å². The second-order valence-electron chi connectivity index (χ2n) is 6.46. The predicted molar refractivity (Wildman–Crippen MR) is 99.9 cm³/mol. The summed E-state index contributed by atoms with van der Waals surface area (Å²) in [4.78, 5) is 14.7. The minimum Gasteiger partial charge on any atom is -0.497 e. The van der Waals surface area contributed by atoms with Crippen LogP contribution in [-0.2, 0) is 4.79 Å². The molecular formula is C21H25NO4. The summed E-state index contributed by atoms with van der Waals surface area (Å²) in [5.41, 5.74) is 2.09. The molecular weight excluding hydrogens is 330 g/mol. The number of benzene rings is 2. The van der Waals surface area contributed by atoms with Crippen molar-refractivity contribution in [1.29, 1.82) is 0 Å². The fourth-order valence-electron chi connectivity index (χ4n) is 3.42. The quantitative estimate of drug-likeness (QED) is 0.792. The Morgan fingerprint density at radius 1 is 1.12 bits per heavy atom. The first-order valence-electron chi connectivity index (χ1n) is 8.83. The van der Waals surface area contributed by atoms with E-state index in [9.17, 15) is 4.79 Å². The van der Waals surface area contributed by atoms with E-state index < -0.39 is 0 Å². The molecule has 0 aromatic heterocycles. The summed E-state index contributed by atoms with van der Waals surface area (Å²) in [6, 6.07) is 13.4. The van der Waals surface area contributed by atoms with Crippen LogP contribution in [0.1, 0.15) is 30.0 Å². The van der Waals surface area contributed by atoms with Gasteiger partial charge in [0.1, 0.15) is 17.2 Å². The van der Waals surface area contributed by atoms with E-state index in [1.807, 2.05) is 54.3 Å². The molecule has 0 saturated carbocycles. The van der Waals surface area contributed by atoms with Crippen molar-refractivity contribution in [1.82, 2.24) is 4.90 Å². The van der Waals surface area contributed by atoms with E-state index in [4.69, 9.17) is 14.2 Å². The number of amides is 1. The van der Waals surface area contributed by atoms with Gasteiger partial charge in [0, 0.05) is 12.1 Å². The lowest BCUT2D eigenvalue weighted by molar-refractivity contribution is -0.134. The highest BCUT2D eigenvalue weighted by Crippen LogP contribution is 2.38. The number of carbonyl (C=O) groups is 1. The van der Waals surface area contributed by atoms with E-state index in [1.54, 1.807) is 14.2 Å². The lowest BCUT2D eigenvalue weighted by atomic mass is 10.0. The smallest absolute Gasteiger partial charge is 0.261 e. The SMILES string of the molecule is COc1ccc(OC)c([C@@H]2CCCN2C(=O)COc2cccc(C)c2)c1. The highest BCUT2D eigenvalue weighted by Gasteiger charge is 2.32. The Morgan fingerprint density at radius 3 is 2.69 bits per heavy atom. The number of likely N-dealkylation sites (tertiary alicyclic amines) is 1. The van der Waals surface area contributed by atoms with E-state index in [0.29, 0.717) is 5.75 Å². The first kappa shape index (κ1) is 18.1. The third-order valence-electron chi connectivity index (χ3n) is 4.72. The van der Waals surface area contributed by atoms with Crippen LogP contribution < -0.4 is 14.2 Å². The van der Waals surface area contributed by atoms with Crippen molar-refractivity contribution < 1.29 is 19.0 Å². The molecule has 2 aromatic carbocycles. The predicted octanol–water partition coefficient (Wildman–Crippen LogP) is 3.75. The molecule has 5 heteroatoms. The lowest BCUT2D eigenvalue weighted by Crippen LogP contribution is -2.34. The van der Waals surface area contributed by atoms with E-state index in [1.165, 1.54) is 0 Å². The van der Waals surface area contributed by atoms with Crippen molar-refractivity contribution in [3.8, 4) is 17.2 Å². The normalized spacial score (nSPS) is 16.4. The highest BCUT2D eigenvalue weighted by molar-refractivity contribution is 5.78. The summed E-state index contributed by atoms with van der Waals surface area (Å²) < 4.78 is 16.5. The molecule has 0 aliphatic carbocycles. The second-order valence-corrected chi connectivity index (χ2v) is 6.46. The van der Waals surface area contributed by atoms with Gasteiger partial charge >= 0.3 is 0 Å². The maximum atomic E-state index is 12.8. The van der Waals surface area contributed by atoms with Gasteiger partial charge in [0.2, 0.25) is 0 Å². The maximum Gasteiger partial charge on any atom is 0.261 e. The monoisotopic (exact) mass is 355 g/mol. The summed E-state index contributed by atoms with van der Waals surface area (Å²) in [5, 5.41) is 0. The number of aryl methyl sites for hydroxylation is 1. The summed E-state index contributed by atoms with van der Waals surface area (Å²) in [5.74, 6) is 2.23. The van der Waals surface area contributed by atoms with Crippen molar-refractivity contribution in [3.63, 3.8) is 0 Å². The fraction of sp³-hybridized carbons (Fsp3) is 0.381. The second kappa shape index (κ2) is 8.13. The molecule has 26 heavy (non-hydrogen) atoms. The van der Waals surface area contributed by atoms with E-state index in [2.05, 4.69) is 0 Å². The molecule has 2 aromatic rings. The van der Waals surface area contributed by atoms with Crippen molar-refractivity contribution in [2.45, 2.75) is 25.8 Å². The van der Waals surface area contributed by atoms with Gasteiger partial charge < -0.3 is 19.1 Å². The zero-order valence-electron chi connectivity index (χ0n) is 15.5. The first-order chi connectivity index (χ1) is 12.6. The molecule has 1 saturated heterocycles. The molecule has 0 radical (unpaired) electrons. The van der Waals surface area contributed by atoms with Gasteiger partial charge in [-0.1, -0.05) is 12.1 Å². The minimum atomic E-state index is -0.0198. The maximum absolute atomic E-state index is 12.8. The fourth-order valence-corrected chi connectivity index (χ4v) is 3.42. The molecule has 1 amide bonds. The number of rotatable bonds is 6. The molecule has 1 heterocycles. The van der Waals surface area contributed by atoms with Gasteiger partial charge in [-0.3, -0.25) is 4.79 Å². The van der Waals surface area contributed by atoms with Crippen molar-refractivity contribution in [2.24, 2.45) is 0 Å². The van der Waals surface area contributed by atoms with Crippen molar-refractivity contribution in [2.75, 3.05) is 27.4 Å². The summed E-state index contributed by atoms with van der Waals surface area (Å²) in [7, 11) is 3.28. The Labute approximate surface area is 154 Å². The van der Waals surface area contributed by atoms with Gasteiger partial charge in [-0.15, -0.1) is 0 Å². The molecule has 0 spiro atoms. The molecule has 138 valence electrons. The Kier molecular flexibility index (Phi) is 5.66. The van der Waals surface area contributed by atoms with Gasteiger partial charge in [0.05, 0.1) is 20.3 Å². The van der Waals surface area contributed by atoms with Gasteiger partial charge in [0.15, 0.2) is 6.61 Å². The minimum absolute atomic E-state index is 0.0149. The van der Waals surface area contributed by atoms with Gasteiger partial charge in [-0.05, 0) is 55.7 Å². The Bertz CT molecular complexity index is 774. The zero-order valence-corrected chi connectivity index (χ0v) is 15.5. The number of ether oxygens (including phenoxy) is 3. The molecule has 1 aliphatic rings. The number of hydrogen-bond acceptors (Lipinski definition) is 4. The lowest BCUT2D eigenvalue weighted by Gasteiger charge is -2.26. The number of hydrogen-bond donors (Lipinski definition) is 0. The van der Waals surface area contributed by atoms with Crippen molar-refractivity contribution in [3.05, 3.63) is 53.6 Å². The average Bonchev–Trinajstić information content (AvgIpc) is 3.15. The number of nitrogens with zero attached hydrogens (tertiary/aromatic N) is 1. The van der Waals surface area contributed by atoms with Gasteiger partial charge in [-0.25, -0.2) is 0 Å². The first-order valence-corrected chi connectivity index (χ1v) is 8.83. The van der Waals surface area contributed by atoms with Crippen LogP contribution in [0.2, 0.25) is 0 Å². The zero-order chi connectivity index (χ0) is 18.5.